The lowest BCUT2D eigenvalue weighted by atomic mass is 10.2. The summed E-state index contributed by atoms with van der Waals surface area (Å²) in [5.41, 5.74) is 1.40. The number of nitrogens with zero attached hydrogens (tertiary/aromatic N) is 3. The lowest BCUT2D eigenvalue weighted by Gasteiger charge is -2.07. The third-order valence-corrected chi connectivity index (χ3v) is 3.87. The molecule has 26 heavy (non-hydrogen) atoms. The molecule has 2 aromatic carbocycles. The molecule has 0 aliphatic carbocycles. The van der Waals surface area contributed by atoms with E-state index in [0.717, 1.165) is 18.2 Å². The number of carbonyl (C=O) groups excluding carboxylic acids is 1. The predicted octanol–water partition coefficient (Wildman–Crippen LogP) is 2.79. The highest BCUT2D eigenvalue weighted by molar-refractivity contribution is 5.93. The fourth-order valence-electron chi connectivity index (χ4n) is 2.45. The largest absolute Gasteiger partial charge is 0.497 e. The minimum Gasteiger partial charge on any atom is -0.497 e. The molecule has 6 nitrogen and oxygen atoms in total. The van der Waals surface area contributed by atoms with Gasteiger partial charge in [-0.1, -0.05) is 5.21 Å². The predicted molar refractivity (Wildman–Crippen MR) is 90.2 cm³/mol. The molecule has 0 spiro atoms. The minimum absolute atomic E-state index is 0.0542. The standard InChI is InChI=1S/C18H16F2N4O2/c1-11-17(18(25)21-10-12-9-13(19)3-8-16(12)20)22-23-24(11)14-4-6-15(26-2)7-5-14/h3-9H,10H2,1-2H3,(H,21,25). The maximum Gasteiger partial charge on any atom is 0.274 e. The van der Waals surface area contributed by atoms with Crippen LogP contribution >= 0.6 is 0 Å². The van der Waals surface area contributed by atoms with Crippen LogP contribution in [0.15, 0.2) is 42.5 Å². The number of aromatic nitrogens is 3. The lowest BCUT2D eigenvalue weighted by Crippen LogP contribution is -2.24. The number of methoxy groups -OCH3 is 1. The van der Waals surface area contributed by atoms with Crippen LogP contribution < -0.4 is 10.1 Å². The van der Waals surface area contributed by atoms with Gasteiger partial charge >= 0.3 is 0 Å². The van der Waals surface area contributed by atoms with Crippen LogP contribution in [0.5, 0.6) is 5.75 Å². The van der Waals surface area contributed by atoms with Gasteiger partial charge in [0.15, 0.2) is 5.69 Å². The molecule has 0 aliphatic rings. The van der Waals surface area contributed by atoms with Gasteiger partial charge in [0.25, 0.3) is 5.91 Å². The van der Waals surface area contributed by atoms with E-state index in [9.17, 15) is 13.6 Å². The van der Waals surface area contributed by atoms with Crippen LogP contribution in [0, 0.1) is 18.6 Å². The normalized spacial score (nSPS) is 10.6. The summed E-state index contributed by atoms with van der Waals surface area (Å²) >= 11 is 0. The van der Waals surface area contributed by atoms with Gasteiger partial charge in [0.05, 0.1) is 18.5 Å². The third kappa shape index (κ3) is 3.53. The van der Waals surface area contributed by atoms with E-state index in [1.807, 2.05) is 0 Å². The first-order valence-electron chi connectivity index (χ1n) is 7.78. The lowest BCUT2D eigenvalue weighted by molar-refractivity contribution is 0.0945. The summed E-state index contributed by atoms with van der Waals surface area (Å²) in [6.07, 6.45) is 0. The van der Waals surface area contributed by atoms with E-state index in [-0.39, 0.29) is 17.8 Å². The summed E-state index contributed by atoms with van der Waals surface area (Å²) in [7, 11) is 1.57. The number of hydrogen-bond acceptors (Lipinski definition) is 4. The zero-order valence-electron chi connectivity index (χ0n) is 14.2. The van der Waals surface area contributed by atoms with Gasteiger partial charge in [-0.15, -0.1) is 5.10 Å². The van der Waals surface area contributed by atoms with Gasteiger partial charge in [-0.3, -0.25) is 4.79 Å². The summed E-state index contributed by atoms with van der Waals surface area (Å²) in [4.78, 5) is 12.3. The van der Waals surface area contributed by atoms with Gasteiger partial charge in [-0.25, -0.2) is 13.5 Å². The monoisotopic (exact) mass is 358 g/mol. The first kappa shape index (κ1) is 17.5. The fraction of sp³-hybridized carbons (Fsp3) is 0.167. The van der Waals surface area contributed by atoms with Gasteiger partial charge in [-0.2, -0.15) is 0 Å². The van der Waals surface area contributed by atoms with Crippen LogP contribution in [0.2, 0.25) is 0 Å². The molecule has 0 fully saturated rings. The first-order valence-corrected chi connectivity index (χ1v) is 7.78. The smallest absolute Gasteiger partial charge is 0.274 e. The summed E-state index contributed by atoms with van der Waals surface area (Å²) in [6, 6.07) is 10.2. The number of rotatable bonds is 5. The number of benzene rings is 2. The molecule has 1 amide bonds. The van der Waals surface area contributed by atoms with Gasteiger partial charge in [0, 0.05) is 12.1 Å². The maximum absolute atomic E-state index is 13.6. The summed E-state index contributed by atoms with van der Waals surface area (Å²) in [6.45, 7) is 1.54. The minimum atomic E-state index is -0.592. The van der Waals surface area contributed by atoms with E-state index in [1.54, 1.807) is 38.3 Å². The Morgan fingerprint density at radius 3 is 2.62 bits per heavy atom. The molecule has 0 radical (unpaired) electrons. The van der Waals surface area contributed by atoms with Crippen molar-refractivity contribution in [3.05, 3.63) is 71.1 Å². The van der Waals surface area contributed by atoms with Crippen LogP contribution in [0.3, 0.4) is 0 Å². The second-order valence-electron chi connectivity index (χ2n) is 5.55. The van der Waals surface area contributed by atoms with Crippen LogP contribution in [0.25, 0.3) is 5.69 Å². The van der Waals surface area contributed by atoms with Gasteiger partial charge < -0.3 is 10.1 Å². The number of nitrogens with one attached hydrogen (secondary N) is 1. The highest BCUT2D eigenvalue weighted by Crippen LogP contribution is 2.17. The molecule has 0 bridgehead atoms. The molecule has 0 saturated carbocycles. The van der Waals surface area contributed by atoms with Gasteiger partial charge in [0.1, 0.15) is 17.4 Å². The average Bonchev–Trinajstić information content (AvgIpc) is 3.04. The second kappa shape index (κ2) is 7.30. The van der Waals surface area contributed by atoms with E-state index < -0.39 is 17.5 Å². The Labute approximate surface area is 148 Å². The van der Waals surface area contributed by atoms with Crippen LogP contribution in [-0.4, -0.2) is 28.0 Å². The zero-order valence-corrected chi connectivity index (χ0v) is 14.2. The number of amides is 1. The molecular formula is C18H16F2N4O2. The van der Waals surface area contributed by atoms with Crippen molar-refractivity contribution in [1.82, 2.24) is 20.3 Å². The zero-order chi connectivity index (χ0) is 18.7. The fourth-order valence-corrected chi connectivity index (χ4v) is 2.45. The van der Waals surface area contributed by atoms with E-state index >= 15 is 0 Å². The summed E-state index contributed by atoms with van der Waals surface area (Å²) in [5, 5.41) is 10.4. The van der Waals surface area contributed by atoms with Crippen molar-refractivity contribution in [2.45, 2.75) is 13.5 Å². The van der Waals surface area contributed by atoms with E-state index in [0.29, 0.717) is 17.1 Å². The molecule has 0 aliphatic heterocycles. The molecule has 134 valence electrons. The Morgan fingerprint density at radius 1 is 1.19 bits per heavy atom. The Morgan fingerprint density at radius 2 is 1.92 bits per heavy atom. The summed E-state index contributed by atoms with van der Waals surface area (Å²) in [5.74, 6) is -0.991. The van der Waals surface area contributed by atoms with Crippen molar-refractivity contribution < 1.29 is 18.3 Å². The Bertz CT molecular complexity index is 939. The van der Waals surface area contributed by atoms with E-state index in [1.165, 1.54) is 4.68 Å². The molecule has 0 unspecified atom stereocenters. The van der Waals surface area contributed by atoms with E-state index in [2.05, 4.69) is 15.6 Å². The van der Waals surface area contributed by atoms with Crippen molar-refractivity contribution in [3.8, 4) is 11.4 Å². The van der Waals surface area contributed by atoms with Crippen molar-refractivity contribution in [1.29, 1.82) is 0 Å². The molecule has 3 rings (SSSR count). The molecule has 8 heteroatoms. The molecule has 1 aromatic heterocycles. The molecule has 0 saturated heterocycles. The topological polar surface area (TPSA) is 69.0 Å². The molecule has 1 heterocycles. The number of halogens is 2. The van der Waals surface area contributed by atoms with Crippen molar-refractivity contribution in [3.63, 3.8) is 0 Å². The Hall–Kier alpha value is -3.29. The SMILES string of the molecule is COc1ccc(-n2nnc(C(=O)NCc3cc(F)ccc3F)c2C)cc1. The second-order valence-corrected chi connectivity index (χ2v) is 5.55. The highest BCUT2D eigenvalue weighted by Gasteiger charge is 2.17. The summed E-state index contributed by atoms with van der Waals surface area (Å²) < 4.78 is 33.4. The first-order chi connectivity index (χ1) is 12.5. The van der Waals surface area contributed by atoms with Crippen LogP contribution in [0.4, 0.5) is 8.78 Å². The highest BCUT2D eigenvalue weighted by atomic mass is 19.1. The Kier molecular flexibility index (Phi) is 4.92. The third-order valence-electron chi connectivity index (χ3n) is 3.87. The van der Waals surface area contributed by atoms with E-state index in [4.69, 9.17) is 4.74 Å². The number of carbonyl (C=O) groups is 1. The molecule has 3 aromatic rings. The number of ether oxygens (including phenoxy) is 1. The van der Waals surface area contributed by atoms with Crippen molar-refractivity contribution in [2.75, 3.05) is 7.11 Å². The van der Waals surface area contributed by atoms with Crippen LogP contribution in [-0.2, 0) is 6.54 Å². The average molecular weight is 358 g/mol. The quantitative estimate of drug-likeness (QED) is 0.761. The van der Waals surface area contributed by atoms with Crippen molar-refractivity contribution >= 4 is 5.91 Å². The molecule has 1 N–H and O–H groups in total. The van der Waals surface area contributed by atoms with Crippen molar-refractivity contribution in [2.24, 2.45) is 0 Å². The van der Waals surface area contributed by atoms with Gasteiger partial charge in [0.2, 0.25) is 0 Å². The molecule has 0 atom stereocenters. The molecular weight excluding hydrogens is 342 g/mol. The Balaban J connectivity index is 1.76. The van der Waals surface area contributed by atoms with Gasteiger partial charge in [-0.05, 0) is 49.4 Å². The van der Waals surface area contributed by atoms with Crippen LogP contribution in [0.1, 0.15) is 21.7 Å². The number of hydrogen-bond donors (Lipinski definition) is 1. The maximum atomic E-state index is 13.6.